The molecule has 1 N–H and O–H groups in total. The second-order valence-corrected chi connectivity index (χ2v) is 6.98. The fourth-order valence-electron chi connectivity index (χ4n) is 2.15. The molecule has 1 fully saturated rings. The molecule has 1 aromatic rings. The predicted octanol–water partition coefficient (Wildman–Crippen LogP) is 1.01. The van der Waals surface area contributed by atoms with Crippen LogP contribution in [0.15, 0.2) is 24.3 Å². The van der Waals surface area contributed by atoms with Crippen LogP contribution in [0.25, 0.3) is 0 Å². The van der Waals surface area contributed by atoms with E-state index in [2.05, 4.69) is 5.32 Å². The smallest absolute Gasteiger partial charge is 0.154 e. The molecule has 0 aromatic heterocycles. The molecule has 0 saturated carbocycles. The Labute approximate surface area is 108 Å². The lowest BCUT2D eigenvalue weighted by atomic mass is 10.2. The van der Waals surface area contributed by atoms with Crippen molar-refractivity contribution in [2.24, 2.45) is 0 Å². The number of hydrogen-bond donors (Lipinski definition) is 1. The van der Waals surface area contributed by atoms with E-state index < -0.39 is 9.84 Å². The number of rotatable bonds is 5. The lowest BCUT2D eigenvalue weighted by molar-refractivity contribution is 0.414. The highest BCUT2D eigenvalue weighted by atomic mass is 32.2. The summed E-state index contributed by atoms with van der Waals surface area (Å²) in [5.74, 6) is 1.02. The molecule has 5 heteroatoms. The Kier molecular flexibility index (Phi) is 4.24. The first-order valence-corrected chi connectivity index (χ1v) is 7.88. The maximum atomic E-state index is 12.1. The predicted molar refractivity (Wildman–Crippen MR) is 71.8 cm³/mol. The second-order valence-electron chi connectivity index (χ2n) is 4.58. The molecule has 2 rings (SSSR count). The van der Waals surface area contributed by atoms with Crippen LogP contribution < -0.4 is 10.1 Å². The van der Waals surface area contributed by atoms with E-state index in [1.807, 2.05) is 24.3 Å². The van der Waals surface area contributed by atoms with Gasteiger partial charge in [-0.05, 0) is 37.1 Å². The van der Waals surface area contributed by atoms with Crippen molar-refractivity contribution in [2.45, 2.75) is 18.1 Å². The van der Waals surface area contributed by atoms with Crippen LogP contribution in [0.4, 0.5) is 0 Å². The van der Waals surface area contributed by atoms with Crippen LogP contribution in [-0.4, -0.2) is 39.6 Å². The molecule has 1 atom stereocenters. The Hall–Kier alpha value is -1.07. The van der Waals surface area contributed by atoms with Gasteiger partial charge >= 0.3 is 0 Å². The van der Waals surface area contributed by atoms with E-state index in [4.69, 9.17) is 4.74 Å². The fourth-order valence-corrected chi connectivity index (χ4v) is 3.86. The van der Waals surface area contributed by atoms with Gasteiger partial charge in [0, 0.05) is 6.54 Å². The van der Waals surface area contributed by atoms with Gasteiger partial charge in [-0.1, -0.05) is 12.1 Å². The van der Waals surface area contributed by atoms with Gasteiger partial charge in [0.05, 0.1) is 18.1 Å². The lowest BCUT2D eigenvalue weighted by Crippen LogP contribution is -2.27. The van der Waals surface area contributed by atoms with Crippen molar-refractivity contribution in [2.75, 3.05) is 26.0 Å². The molecule has 1 aromatic carbocycles. The summed E-state index contributed by atoms with van der Waals surface area (Å²) < 4.78 is 29.2. The maximum Gasteiger partial charge on any atom is 0.154 e. The van der Waals surface area contributed by atoms with Gasteiger partial charge in [0.15, 0.2) is 9.84 Å². The highest BCUT2D eigenvalue weighted by Crippen LogP contribution is 2.15. The zero-order valence-electron chi connectivity index (χ0n) is 10.6. The molecule has 4 nitrogen and oxygen atoms in total. The number of hydrogen-bond acceptors (Lipinski definition) is 4. The normalized spacial score (nSPS) is 19.9. The van der Waals surface area contributed by atoms with E-state index in [0.29, 0.717) is 13.0 Å². The van der Waals surface area contributed by atoms with E-state index in [1.165, 1.54) is 0 Å². The number of sulfone groups is 1. The Balaban J connectivity index is 1.93. The summed E-state index contributed by atoms with van der Waals surface area (Å²) in [6.07, 6.45) is 1.31. The van der Waals surface area contributed by atoms with Crippen LogP contribution in [0.3, 0.4) is 0 Å². The van der Waals surface area contributed by atoms with E-state index in [0.717, 1.165) is 24.3 Å². The number of nitrogens with one attached hydrogen (secondary N) is 1. The molecule has 1 aliphatic heterocycles. The van der Waals surface area contributed by atoms with Crippen molar-refractivity contribution < 1.29 is 13.2 Å². The molecule has 1 unspecified atom stereocenters. The fraction of sp³-hybridized carbons (Fsp3) is 0.538. The number of aryl methyl sites for hydroxylation is 1. The van der Waals surface area contributed by atoms with Gasteiger partial charge in [-0.15, -0.1) is 0 Å². The molecule has 0 bridgehead atoms. The topological polar surface area (TPSA) is 55.4 Å². The van der Waals surface area contributed by atoms with Gasteiger partial charge in [-0.2, -0.15) is 0 Å². The van der Waals surface area contributed by atoms with Gasteiger partial charge in [0.2, 0.25) is 0 Å². The quantitative estimate of drug-likeness (QED) is 0.867. The summed E-state index contributed by atoms with van der Waals surface area (Å²) in [5.41, 5.74) is 1.03. The highest BCUT2D eigenvalue weighted by molar-refractivity contribution is 7.92. The number of ether oxygens (including phenoxy) is 1. The first-order valence-electron chi connectivity index (χ1n) is 6.17. The molecule has 1 aliphatic rings. The van der Waals surface area contributed by atoms with Gasteiger partial charge in [0.25, 0.3) is 0 Å². The van der Waals surface area contributed by atoms with E-state index in [1.54, 1.807) is 7.11 Å². The minimum absolute atomic E-state index is 0.198. The minimum atomic E-state index is -2.97. The van der Waals surface area contributed by atoms with Crippen molar-refractivity contribution in [3.63, 3.8) is 0 Å². The molecule has 0 spiro atoms. The van der Waals surface area contributed by atoms with Crippen LogP contribution in [0.5, 0.6) is 5.75 Å². The third kappa shape index (κ3) is 3.23. The van der Waals surface area contributed by atoms with Crippen molar-refractivity contribution in [3.8, 4) is 5.75 Å². The molecule has 0 aliphatic carbocycles. The first kappa shape index (κ1) is 13.4. The molecule has 1 saturated heterocycles. The van der Waals surface area contributed by atoms with Gasteiger partial charge in [0.1, 0.15) is 5.75 Å². The first-order chi connectivity index (χ1) is 8.62. The van der Waals surface area contributed by atoms with Gasteiger partial charge in [-0.3, -0.25) is 0 Å². The Morgan fingerprint density at radius 3 is 2.61 bits per heavy atom. The summed E-state index contributed by atoms with van der Waals surface area (Å²) >= 11 is 0. The summed E-state index contributed by atoms with van der Waals surface area (Å²) in [4.78, 5) is 0. The Morgan fingerprint density at radius 1 is 1.33 bits per heavy atom. The molecule has 18 heavy (non-hydrogen) atoms. The summed E-state index contributed by atoms with van der Waals surface area (Å²) in [6, 6.07) is 7.56. The zero-order chi connectivity index (χ0) is 13.0. The lowest BCUT2D eigenvalue weighted by Gasteiger charge is -2.10. The van der Waals surface area contributed by atoms with Crippen molar-refractivity contribution >= 4 is 9.84 Å². The third-order valence-corrected chi connectivity index (χ3v) is 5.55. The number of methoxy groups -OCH3 is 1. The number of benzene rings is 1. The molecule has 100 valence electrons. The van der Waals surface area contributed by atoms with Crippen LogP contribution in [-0.2, 0) is 16.3 Å². The summed E-state index contributed by atoms with van der Waals surface area (Å²) in [7, 11) is -1.35. The van der Waals surface area contributed by atoms with E-state index >= 15 is 0 Å². The van der Waals surface area contributed by atoms with Gasteiger partial charge < -0.3 is 10.1 Å². The van der Waals surface area contributed by atoms with Gasteiger partial charge in [-0.25, -0.2) is 8.42 Å². The molecule has 1 heterocycles. The minimum Gasteiger partial charge on any atom is -0.497 e. The van der Waals surface area contributed by atoms with E-state index in [-0.39, 0.29) is 11.0 Å². The van der Waals surface area contributed by atoms with Crippen molar-refractivity contribution in [3.05, 3.63) is 29.8 Å². The average molecular weight is 269 g/mol. The van der Waals surface area contributed by atoms with Crippen LogP contribution in [0.2, 0.25) is 0 Å². The highest BCUT2D eigenvalue weighted by Gasteiger charge is 2.27. The van der Waals surface area contributed by atoms with Crippen LogP contribution in [0.1, 0.15) is 12.0 Å². The molecular weight excluding hydrogens is 250 g/mol. The van der Waals surface area contributed by atoms with Crippen LogP contribution in [0, 0.1) is 0 Å². The van der Waals surface area contributed by atoms with Crippen molar-refractivity contribution in [1.82, 2.24) is 5.32 Å². The monoisotopic (exact) mass is 269 g/mol. The summed E-state index contributed by atoms with van der Waals surface area (Å²) in [5, 5.41) is 2.90. The largest absolute Gasteiger partial charge is 0.497 e. The molecular formula is C13H19NO3S. The Morgan fingerprint density at radius 2 is 2.06 bits per heavy atom. The zero-order valence-corrected chi connectivity index (χ0v) is 11.4. The molecule has 0 radical (unpaired) electrons. The Bertz CT molecular complexity index is 475. The third-order valence-electron chi connectivity index (χ3n) is 3.36. The summed E-state index contributed by atoms with van der Waals surface area (Å²) in [6.45, 7) is 1.41. The standard InChI is InChI=1S/C13H19NO3S/c1-17-12-4-2-11(3-5-12)7-9-18(15,16)13-6-8-14-10-13/h2-5,13-14H,6-10H2,1H3. The average Bonchev–Trinajstić information content (AvgIpc) is 2.92. The second kappa shape index (κ2) is 5.71. The van der Waals surface area contributed by atoms with Crippen molar-refractivity contribution in [1.29, 1.82) is 0 Å². The van der Waals surface area contributed by atoms with Crippen LogP contribution >= 0.6 is 0 Å². The van der Waals surface area contributed by atoms with E-state index in [9.17, 15) is 8.42 Å². The molecule has 0 amide bonds. The SMILES string of the molecule is COc1ccc(CCS(=O)(=O)C2CCNC2)cc1. The maximum absolute atomic E-state index is 12.1.